The number of nitrogens with one attached hydrogen (secondary N) is 1. The maximum atomic E-state index is 12.5. The molecule has 2 rings (SSSR count). The van der Waals surface area contributed by atoms with Crippen LogP contribution in [0.3, 0.4) is 0 Å². The first kappa shape index (κ1) is 20.5. The number of carbonyl (C=O) groups is 2. The summed E-state index contributed by atoms with van der Waals surface area (Å²) in [5, 5.41) is 2.41. The van der Waals surface area contributed by atoms with Gasteiger partial charge in [0, 0.05) is 0 Å². The number of hydrogen-bond acceptors (Lipinski definition) is 5. The summed E-state index contributed by atoms with van der Waals surface area (Å²) in [5.74, 6) is -0.615. The maximum Gasteiger partial charge on any atom is 0.412 e. The number of nitrogens with zero attached hydrogens (tertiary/aromatic N) is 1. The SMILES string of the molecule is CC(C)(C)OC(=O)Cn1c(Cl)ccc(NC(=O)OCc2ccccc2)c1=O. The van der Waals surface area contributed by atoms with Gasteiger partial charge in [-0.2, -0.15) is 0 Å². The second-order valence-electron chi connectivity index (χ2n) is 6.73. The highest BCUT2D eigenvalue weighted by molar-refractivity contribution is 6.29. The van der Waals surface area contributed by atoms with E-state index in [0.29, 0.717) is 0 Å². The molecule has 144 valence electrons. The summed E-state index contributed by atoms with van der Waals surface area (Å²) in [6, 6.07) is 11.9. The Morgan fingerprint density at radius 3 is 2.41 bits per heavy atom. The van der Waals surface area contributed by atoms with Crippen LogP contribution in [0.15, 0.2) is 47.3 Å². The molecule has 1 aromatic heterocycles. The number of pyridine rings is 1. The lowest BCUT2D eigenvalue weighted by atomic mass is 10.2. The molecule has 0 spiro atoms. The summed E-state index contributed by atoms with van der Waals surface area (Å²) in [5.41, 5.74) is -0.568. The van der Waals surface area contributed by atoms with Gasteiger partial charge in [-0.15, -0.1) is 0 Å². The highest BCUT2D eigenvalue weighted by atomic mass is 35.5. The fourth-order valence-electron chi connectivity index (χ4n) is 2.17. The molecular formula is C19H21ClN2O5. The van der Waals surface area contributed by atoms with Crippen LogP contribution in [0.4, 0.5) is 10.5 Å². The maximum absolute atomic E-state index is 12.5. The Labute approximate surface area is 161 Å². The Balaban J connectivity index is 2.06. The monoisotopic (exact) mass is 392 g/mol. The molecule has 1 amide bonds. The molecule has 2 aromatic rings. The molecule has 0 saturated heterocycles. The standard InChI is InChI=1S/C19H21ClN2O5/c1-19(2,3)27-16(23)11-22-15(20)10-9-14(17(22)24)21-18(25)26-12-13-7-5-4-6-8-13/h4-10H,11-12H2,1-3H3,(H,21,25). The second kappa shape index (κ2) is 8.73. The summed E-state index contributed by atoms with van der Waals surface area (Å²) in [6.45, 7) is 4.85. The largest absolute Gasteiger partial charge is 0.459 e. The normalized spacial score (nSPS) is 11.0. The Morgan fingerprint density at radius 1 is 1.11 bits per heavy atom. The number of benzene rings is 1. The van der Waals surface area contributed by atoms with Crippen molar-refractivity contribution in [3.63, 3.8) is 0 Å². The number of anilines is 1. The average Bonchev–Trinajstić information content (AvgIpc) is 2.59. The smallest absolute Gasteiger partial charge is 0.412 e. The second-order valence-corrected chi connectivity index (χ2v) is 7.12. The first-order valence-electron chi connectivity index (χ1n) is 8.24. The van der Waals surface area contributed by atoms with Gasteiger partial charge in [-0.25, -0.2) is 4.79 Å². The highest BCUT2D eigenvalue weighted by Gasteiger charge is 2.19. The van der Waals surface area contributed by atoms with Crippen LogP contribution in [-0.4, -0.2) is 22.2 Å². The third kappa shape index (κ3) is 6.45. The van der Waals surface area contributed by atoms with Crippen molar-refractivity contribution in [1.29, 1.82) is 0 Å². The zero-order valence-electron chi connectivity index (χ0n) is 15.3. The number of ether oxygens (including phenoxy) is 2. The number of hydrogen-bond donors (Lipinski definition) is 1. The van der Waals surface area contributed by atoms with Gasteiger partial charge >= 0.3 is 12.1 Å². The van der Waals surface area contributed by atoms with Gasteiger partial charge in [-0.3, -0.25) is 19.5 Å². The fraction of sp³-hybridized carbons (Fsp3) is 0.316. The van der Waals surface area contributed by atoms with Crippen molar-refractivity contribution >= 4 is 29.4 Å². The minimum atomic E-state index is -0.790. The molecule has 1 N–H and O–H groups in total. The van der Waals surface area contributed by atoms with E-state index >= 15 is 0 Å². The van der Waals surface area contributed by atoms with Crippen molar-refractivity contribution in [2.45, 2.75) is 39.5 Å². The van der Waals surface area contributed by atoms with Crippen LogP contribution in [0.25, 0.3) is 0 Å². The lowest BCUT2D eigenvalue weighted by molar-refractivity contribution is -0.155. The van der Waals surface area contributed by atoms with Gasteiger partial charge < -0.3 is 9.47 Å². The van der Waals surface area contributed by atoms with Crippen molar-refractivity contribution < 1.29 is 19.1 Å². The van der Waals surface area contributed by atoms with E-state index in [2.05, 4.69) is 5.32 Å². The summed E-state index contributed by atoms with van der Waals surface area (Å²) < 4.78 is 11.3. The topological polar surface area (TPSA) is 86.6 Å². The van der Waals surface area contributed by atoms with Crippen LogP contribution in [0.5, 0.6) is 0 Å². The fourth-order valence-corrected chi connectivity index (χ4v) is 2.37. The zero-order chi connectivity index (χ0) is 20.0. The third-order valence-corrected chi connectivity index (χ3v) is 3.61. The first-order chi connectivity index (χ1) is 12.7. The molecule has 7 nitrogen and oxygen atoms in total. The van der Waals surface area contributed by atoms with E-state index in [1.165, 1.54) is 12.1 Å². The third-order valence-electron chi connectivity index (χ3n) is 3.28. The van der Waals surface area contributed by atoms with Crippen molar-refractivity contribution in [2.24, 2.45) is 0 Å². The quantitative estimate of drug-likeness (QED) is 0.620. The lowest BCUT2D eigenvalue weighted by Crippen LogP contribution is -2.32. The van der Waals surface area contributed by atoms with Crippen molar-refractivity contribution in [3.05, 3.63) is 63.5 Å². The number of amides is 1. The van der Waals surface area contributed by atoms with Gasteiger partial charge in [-0.1, -0.05) is 41.9 Å². The van der Waals surface area contributed by atoms with Gasteiger partial charge in [0.1, 0.15) is 29.6 Å². The Hall–Kier alpha value is -2.80. The molecule has 27 heavy (non-hydrogen) atoms. The van der Waals surface area contributed by atoms with Crippen LogP contribution in [0.1, 0.15) is 26.3 Å². The van der Waals surface area contributed by atoms with E-state index in [4.69, 9.17) is 21.1 Å². The Morgan fingerprint density at radius 2 is 1.78 bits per heavy atom. The minimum Gasteiger partial charge on any atom is -0.459 e. The summed E-state index contributed by atoms with van der Waals surface area (Å²) in [6.07, 6.45) is -0.790. The number of rotatable bonds is 5. The minimum absolute atomic E-state index is 0.0501. The van der Waals surface area contributed by atoms with E-state index in [0.717, 1.165) is 10.1 Å². The van der Waals surface area contributed by atoms with Crippen molar-refractivity contribution in [1.82, 2.24) is 4.57 Å². The molecule has 0 aliphatic heterocycles. The molecule has 1 aromatic carbocycles. The van der Waals surface area contributed by atoms with E-state index in [-0.39, 0.29) is 24.0 Å². The molecule has 0 radical (unpaired) electrons. The van der Waals surface area contributed by atoms with Gasteiger partial charge in [0.25, 0.3) is 5.56 Å². The molecule has 8 heteroatoms. The lowest BCUT2D eigenvalue weighted by Gasteiger charge is -2.20. The number of carbonyl (C=O) groups excluding carboxylic acids is 2. The van der Waals surface area contributed by atoms with Crippen LogP contribution >= 0.6 is 11.6 Å². The Kier molecular flexibility index (Phi) is 6.63. The molecule has 0 aliphatic rings. The highest BCUT2D eigenvalue weighted by Crippen LogP contribution is 2.13. The summed E-state index contributed by atoms with van der Waals surface area (Å²) >= 11 is 6.01. The van der Waals surface area contributed by atoms with E-state index in [9.17, 15) is 14.4 Å². The molecular weight excluding hydrogens is 372 g/mol. The van der Waals surface area contributed by atoms with Crippen LogP contribution < -0.4 is 10.9 Å². The molecule has 0 atom stereocenters. The van der Waals surface area contributed by atoms with E-state index < -0.39 is 23.2 Å². The molecule has 0 bridgehead atoms. The van der Waals surface area contributed by atoms with E-state index in [1.807, 2.05) is 30.3 Å². The van der Waals surface area contributed by atoms with Crippen molar-refractivity contribution in [2.75, 3.05) is 5.32 Å². The predicted molar refractivity (Wildman–Crippen MR) is 102 cm³/mol. The molecule has 0 saturated carbocycles. The average molecular weight is 393 g/mol. The molecule has 0 unspecified atom stereocenters. The summed E-state index contributed by atoms with van der Waals surface area (Å²) in [4.78, 5) is 36.4. The van der Waals surface area contributed by atoms with Crippen LogP contribution in [0.2, 0.25) is 5.15 Å². The van der Waals surface area contributed by atoms with Crippen LogP contribution in [-0.2, 0) is 27.4 Å². The van der Waals surface area contributed by atoms with Crippen molar-refractivity contribution in [3.8, 4) is 0 Å². The van der Waals surface area contributed by atoms with Gasteiger partial charge in [0.15, 0.2) is 0 Å². The number of aromatic nitrogens is 1. The van der Waals surface area contributed by atoms with Gasteiger partial charge in [-0.05, 0) is 38.5 Å². The first-order valence-corrected chi connectivity index (χ1v) is 8.62. The molecule has 1 heterocycles. The number of halogens is 1. The summed E-state index contributed by atoms with van der Waals surface area (Å²) in [7, 11) is 0. The van der Waals surface area contributed by atoms with Crippen LogP contribution in [0, 0.1) is 0 Å². The van der Waals surface area contributed by atoms with Gasteiger partial charge in [0.05, 0.1) is 0 Å². The van der Waals surface area contributed by atoms with E-state index in [1.54, 1.807) is 20.8 Å². The number of esters is 1. The van der Waals surface area contributed by atoms with Gasteiger partial charge in [0.2, 0.25) is 0 Å². The molecule has 0 aliphatic carbocycles. The Bertz CT molecular complexity index is 872. The zero-order valence-corrected chi connectivity index (χ0v) is 16.1. The predicted octanol–water partition coefficient (Wildman–Crippen LogP) is 3.59. The molecule has 0 fully saturated rings.